The van der Waals surface area contributed by atoms with Crippen molar-refractivity contribution in [3.63, 3.8) is 0 Å². The first-order valence-corrected chi connectivity index (χ1v) is 19.8. The molecular weight excluding hydrogens is 661 g/mol. The van der Waals surface area contributed by atoms with Crippen molar-refractivity contribution in [2.45, 2.75) is 49.7 Å². The van der Waals surface area contributed by atoms with Gasteiger partial charge in [0, 0.05) is 32.1 Å². The Bertz CT molecular complexity index is 1480. The number of rotatable bonds is 12. The molecule has 6 heteroatoms. The Morgan fingerprint density at radius 1 is 0.600 bits per heavy atom. The highest BCUT2D eigenvalue weighted by Crippen LogP contribution is 2.40. The fraction of sp³-hybridized carbons (Fsp3) is 0.231. The SMILES string of the molecule is CC1(C)CC(=S)C=C(SCc2ccccc2)C1.S=C(C=C(SCc1ccccc1)SCc1ccccc1)SCc1ccccc1. The van der Waals surface area contributed by atoms with Gasteiger partial charge in [-0.15, -0.1) is 47.0 Å². The molecule has 0 aromatic heterocycles. The summed E-state index contributed by atoms with van der Waals surface area (Å²) in [6, 6.07) is 42.3. The summed E-state index contributed by atoms with van der Waals surface area (Å²) >= 11 is 18.4. The molecule has 0 heterocycles. The van der Waals surface area contributed by atoms with E-state index in [-0.39, 0.29) is 0 Å². The molecule has 4 aromatic carbocycles. The monoisotopic (exact) mass is 700 g/mol. The zero-order valence-corrected chi connectivity index (χ0v) is 30.8. The van der Waals surface area contributed by atoms with Gasteiger partial charge >= 0.3 is 0 Å². The number of benzene rings is 4. The summed E-state index contributed by atoms with van der Waals surface area (Å²) in [6.45, 7) is 4.60. The van der Waals surface area contributed by atoms with Crippen LogP contribution in [-0.2, 0) is 23.0 Å². The highest BCUT2D eigenvalue weighted by atomic mass is 32.2. The van der Waals surface area contributed by atoms with Crippen molar-refractivity contribution >= 4 is 80.5 Å². The summed E-state index contributed by atoms with van der Waals surface area (Å²) in [5.41, 5.74) is 5.69. The van der Waals surface area contributed by atoms with E-state index in [1.54, 1.807) is 11.8 Å². The van der Waals surface area contributed by atoms with Gasteiger partial charge in [0.05, 0.1) is 4.20 Å². The zero-order chi connectivity index (χ0) is 31.7. The third-order valence-corrected chi connectivity index (χ3v) is 12.0. The van der Waals surface area contributed by atoms with Crippen LogP contribution in [0.1, 0.15) is 48.9 Å². The third-order valence-electron chi connectivity index (χ3n) is 6.80. The van der Waals surface area contributed by atoms with Crippen molar-refractivity contribution in [3.05, 3.63) is 165 Å². The standard InChI is InChI=1S/C24H22S4.C15H18S2/c25-23(26-17-20-10-4-1-5-11-20)16-24(27-18-21-12-6-2-7-13-21)28-19-22-14-8-3-9-15-22;1-15(2)9-13(16)8-14(10-15)17-11-12-6-4-3-5-7-12/h1-16H,17-19H2;3-8H,9-11H2,1-2H3. The first-order valence-electron chi connectivity index (χ1n) is 15.0. The molecule has 0 nitrogen and oxygen atoms in total. The number of hydrogen-bond acceptors (Lipinski definition) is 6. The molecule has 1 aliphatic carbocycles. The normalized spacial score (nSPS) is 13.6. The Morgan fingerprint density at radius 2 is 1.00 bits per heavy atom. The largest absolute Gasteiger partial charge is 0.126 e. The Kier molecular flexibility index (Phi) is 15.6. The summed E-state index contributed by atoms with van der Waals surface area (Å²) in [4.78, 5) is 2.55. The molecule has 0 fully saturated rings. The van der Waals surface area contributed by atoms with Crippen LogP contribution in [0.3, 0.4) is 0 Å². The van der Waals surface area contributed by atoms with Gasteiger partial charge in [0.1, 0.15) is 0 Å². The summed E-state index contributed by atoms with van der Waals surface area (Å²) in [7, 11) is 0. The average Bonchev–Trinajstić information content (AvgIpc) is 3.05. The zero-order valence-electron chi connectivity index (χ0n) is 25.9. The van der Waals surface area contributed by atoms with Crippen LogP contribution in [0.2, 0.25) is 0 Å². The van der Waals surface area contributed by atoms with E-state index in [4.69, 9.17) is 24.4 Å². The fourth-order valence-corrected chi connectivity index (χ4v) is 9.84. The van der Waals surface area contributed by atoms with Crippen LogP contribution in [0.4, 0.5) is 0 Å². The molecule has 232 valence electrons. The minimum atomic E-state index is 0.338. The average molecular weight is 701 g/mol. The third kappa shape index (κ3) is 14.5. The molecule has 0 bridgehead atoms. The second-order valence-electron chi connectivity index (χ2n) is 11.5. The summed E-state index contributed by atoms with van der Waals surface area (Å²) in [5.74, 6) is 3.88. The lowest BCUT2D eigenvalue weighted by Crippen LogP contribution is -2.20. The molecule has 0 aliphatic heterocycles. The maximum Gasteiger partial charge on any atom is 0.0725 e. The van der Waals surface area contributed by atoms with Crippen molar-refractivity contribution < 1.29 is 0 Å². The number of allylic oxidation sites excluding steroid dienone is 2. The van der Waals surface area contributed by atoms with Gasteiger partial charge < -0.3 is 0 Å². The van der Waals surface area contributed by atoms with Gasteiger partial charge in [0.2, 0.25) is 0 Å². The van der Waals surface area contributed by atoms with E-state index in [9.17, 15) is 0 Å². The van der Waals surface area contributed by atoms with Gasteiger partial charge in [-0.25, -0.2) is 0 Å². The van der Waals surface area contributed by atoms with Crippen molar-refractivity contribution in [2.75, 3.05) is 0 Å². The van der Waals surface area contributed by atoms with Crippen LogP contribution in [0.15, 0.2) is 143 Å². The van der Waals surface area contributed by atoms with Gasteiger partial charge in [0.15, 0.2) is 0 Å². The predicted octanol–water partition coefficient (Wildman–Crippen LogP) is 12.9. The highest BCUT2D eigenvalue weighted by Gasteiger charge is 2.25. The van der Waals surface area contributed by atoms with Crippen LogP contribution in [-0.4, -0.2) is 9.06 Å². The number of thiocarbonyl (C=S) groups is 2. The van der Waals surface area contributed by atoms with Crippen LogP contribution in [0.25, 0.3) is 0 Å². The van der Waals surface area contributed by atoms with E-state index in [1.807, 2.05) is 41.4 Å². The minimum absolute atomic E-state index is 0.338. The maximum atomic E-state index is 5.65. The Morgan fingerprint density at radius 3 is 1.42 bits per heavy atom. The molecule has 0 spiro atoms. The molecule has 0 atom stereocenters. The number of thioether (sulfide) groups is 4. The molecule has 4 aromatic rings. The summed E-state index contributed by atoms with van der Waals surface area (Å²) < 4.78 is 2.22. The second kappa shape index (κ2) is 19.6. The summed E-state index contributed by atoms with van der Waals surface area (Å²) in [6.07, 6.45) is 6.58. The van der Waals surface area contributed by atoms with E-state index < -0.39 is 0 Å². The highest BCUT2D eigenvalue weighted by molar-refractivity contribution is 8.24. The lowest BCUT2D eigenvalue weighted by atomic mass is 9.81. The Labute approximate surface area is 298 Å². The molecular formula is C39H40S6. The maximum absolute atomic E-state index is 5.65. The predicted molar refractivity (Wildman–Crippen MR) is 215 cm³/mol. The van der Waals surface area contributed by atoms with Gasteiger partial charge in [-0.2, -0.15) is 0 Å². The Balaban J connectivity index is 0.000000231. The van der Waals surface area contributed by atoms with E-state index in [2.05, 4.69) is 141 Å². The molecule has 5 rings (SSSR count). The van der Waals surface area contributed by atoms with Crippen molar-refractivity contribution in [3.8, 4) is 0 Å². The smallest absolute Gasteiger partial charge is 0.0725 e. The first-order chi connectivity index (χ1) is 21.8. The van der Waals surface area contributed by atoms with Crippen LogP contribution in [0.5, 0.6) is 0 Å². The molecule has 45 heavy (non-hydrogen) atoms. The van der Waals surface area contributed by atoms with Crippen molar-refractivity contribution in [2.24, 2.45) is 5.41 Å². The minimum Gasteiger partial charge on any atom is -0.126 e. The van der Waals surface area contributed by atoms with Crippen LogP contribution in [0, 0.1) is 5.41 Å². The first kappa shape index (κ1) is 35.8. The van der Waals surface area contributed by atoms with Crippen LogP contribution < -0.4 is 0 Å². The lowest BCUT2D eigenvalue weighted by Gasteiger charge is -2.29. The number of hydrogen-bond donors (Lipinski definition) is 0. The van der Waals surface area contributed by atoms with Gasteiger partial charge in [0.25, 0.3) is 0 Å². The van der Waals surface area contributed by atoms with Crippen molar-refractivity contribution in [1.29, 1.82) is 0 Å². The molecule has 0 amide bonds. The quantitative estimate of drug-likeness (QED) is 0.106. The summed E-state index contributed by atoms with van der Waals surface area (Å²) in [5, 5.41) is 0. The molecule has 0 N–H and O–H groups in total. The van der Waals surface area contributed by atoms with Crippen LogP contribution >= 0.6 is 71.5 Å². The Hall–Kier alpha value is -2.06. The fourth-order valence-electron chi connectivity index (χ4n) is 4.58. The van der Waals surface area contributed by atoms with Gasteiger partial charge in [-0.3, -0.25) is 0 Å². The van der Waals surface area contributed by atoms with E-state index in [0.29, 0.717) is 5.41 Å². The molecule has 0 saturated heterocycles. The molecule has 0 unspecified atom stereocenters. The molecule has 0 saturated carbocycles. The lowest BCUT2D eigenvalue weighted by molar-refractivity contribution is 0.383. The second-order valence-corrected chi connectivity index (χ2v) is 17.1. The van der Waals surface area contributed by atoms with E-state index >= 15 is 0 Å². The molecule has 1 aliphatic rings. The van der Waals surface area contributed by atoms with Crippen molar-refractivity contribution in [1.82, 2.24) is 0 Å². The molecule has 0 radical (unpaired) electrons. The topological polar surface area (TPSA) is 0 Å². The van der Waals surface area contributed by atoms with E-state index in [0.717, 1.165) is 44.9 Å². The van der Waals surface area contributed by atoms with Gasteiger partial charge in [-0.1, -0.05) is 160 Å². The van der Waals surface area contributed by atoms with Gasteiger partial charge in [-0.05, 0) is 57.6 Å². The van der Waals surface area contributed by atoms with E-state index in [1.165, 1.54) is 31.4 Å².